The van der Waals surface area contributed by atoms with E-state index < -0.39 is 0 Å². The summed E-state index contributed by atoms with van der Waals surface area (Å²) in [7, 11) is 1.62. The zero-order valence-corrected chi connectivity index (χ0v) is 14.6. The lowest BCUT2D eigenvalue weighted by molar-refractivity contribution is 0.297. The molecule has 0 spiro atoms. The summed E-state index contributed by atoms with van der Waals surface area (Å²) in [6.07, 6.45) is 1.69. The van der Waals surface area contributed by atoms with Gasteiger partial charge in [-0.05, 0) is 42.8 Å². The smallest absolute Gasteiger partial charge is 0.420 e. The fraction of sp³-hybridized carbons (Fsp3) is 0.200. The van der Waals surface area contributed by atoms with E-state index in [0.29, 0.717) is 18.7 Å². The summed E-state index contributed by atoms with van der Waals surface area (Å²) in [6, 6.07) is 13.1. The number of oxazole rings is 1. The Morgan fingerprint density at radius 2 is 2.04 bits per heavy atom. The van der Waals surface area contributed by atoms with Crippen molar-refractivity contribution in [2.24, 2.45) is 0 Å². The average molecular weight is 350 g/mol. The average Bonchev–Trinajstić information content (AvgIpc) is 2.96. The largest absolute Gasteiger partial charge is 0.497 e. The first-order valence-corrected chi connectivity index (χ1v) is 8.31. The number of methoxy groups -OCH3 is 1. The van der Waals surface area contributed by atoms with Gasteiger partial charge in [0.1, 0.15) is 18.1 Å². The van der Waals surface area contributed by atoms with Gasteiger partial charge in [0.2, 0.25) is 0 Å². The van der Waals surface area contributed by atoms with Gasteiger partial charge in [0.15, 0.2) is 5.58 Å². The molecule has 0 amide bonds. The molecule has 0 fully saturated rings. The van der Waals surface area contributed by atoms with Crippen molar-refractivity contribution in [3.05, 3.63) is 64.8 Å². The molecule has 6 heteroatoms. The van der Waals surface area contributed by atoms with Crippen LogP contribution in [0.4, 0.5) is 0 Å². The number of ether oxygens (including phenoxy) is 2. The number of rotatable bonds is 5. The van der Waals surface area contributed by atoms with Gasteiger partial charge in [0.05, 0.1) is 24.7 Å². The maximum Gasteiger partial charge on any atom is 0.420 e. The topological polar surface area (TPSA) is 66.5 Å². The SMILES string of the molecule is COc1ccc2c(OCCn3c(=O)oc4ccc(C)cc43)ccnc2c1. The Labute approximate surface area is 149 Å². The van der Waals surface area contributed by atoms with Gasteiger partial charge in [-0.3, -0.25) is 9.55 Å². The fourth-order valence-electron chi connectivity index (χ4n) is 2.99. The molecule has 0 saturated heterocycles. The molecule has 132 valence electrons. The van der Waals surface area contributed by atoms with Crippen molar-refractivity contribution in [2.75, 3.05) is 13.7 Å². The van der Waals surface area contributed by atoms with Crippen LogP contribution in [0.3, 0.4) is 0 Å². The van der Waals surface area contributed by atoms with Crippen LogP contribution in [-0.2, 0) is 6.54 Å². The van der Waals surface area contributed by atoms with Crippen LogP contribution < -0.4 is 15.2 Å². The second kappa shape index (κ2) is 6.55. The number of aromatic nitrogens is 2. The van der Waals surface area contributed by atoms with Gasteiger partial charge in [-0.15, -0.1) is 0 Å². The number of hydrogen-bond acceptors (Lipinski definition) is 5. The Kier molecular flexibility index (Phi) is 4.08. The summed E-state index contributed by atoms with van der Waals surface area (Å²) in [5, 5.41) is 0.897. The molecule has 0 unspecified atom stereocenters. The van der Waals surface area contributed by atoms with Gasteiger partial charge >= 0.3 is 5.76 Å². The van der Waals surface area contributed by atoms with Crippen LogP contribution >= 0.6 is 0 Å². The van der Waals surface area contributed by atoms with Crippen molar-refractivity contribution in [3.8, 4) is 11.5 Å². The lowest BCUT2D eigenvalue weighted by Crippen LogP contribution is -2.18. The van der Waals surface area contributed by atoms with Crippen LogP contribution in [0.25, 0.3) is 22.0 Å². The van der Waals surface area contributed by atoms with Crippen molar-refractivity contribution < 1.29 is 13.9 Å². The predicted octanol–water partition coefficient (Wildman–Crippen LogP) is 3.54. The van der Waals surface area contributed by atoms with Crippen molar-refractivity contribution >= 4 is 22.0 Å². The molecule has 0 bridgehead atoms. The molecule has 2 aromatic carbocycles. The van der Waals surface area contributed by atoms with Crippen molar-refractivity contribution in [2.45, 2.75) is 13.5 Å². The van der Waals surface area contributed by atoms with E-state index in [9.17, 15) is 4.79 Å². The molecule has 26 heavy (non-hydrogen) atoms. The number of benzene rings is 2. The molecule has 6 nitrogen and oxygen atoms in total. The van der Waals surface area contributed by atoms with E-state index in [1.54, 1.807) is 17.9 Å². The Bertz CT molecular complexity index is 1140. The standard InChI is InChI=1S/C20H18N2O4/c1-13-3-6-19-17(11-13)22(20(23)26-19)9-10-25-18-7-8-21-16-12-14(24-2)4-5-15(16)18/h3-8,11-12H,9-10H2,1-2H3. The summed E-state index contributed by atoms with van der Waals surface area (Å²) < 4.78 is 18.0. The molecule has 0 N–H and O–H groups in total. The number of nitrogens with zero attached hydrogens (tertiary/aromatic N) is 2. The zero-order chi connectivity index (χ0) is 18.1. The number of pyridine rings is 1. The van der Waals surface area contributed by atoms with Crippen LogP contribution in [-0.4, -0.2) is 23.3 Å². The highest BCUT2D eigenvalue weighted by atomic mass is 16.5. The first-order valence-electron chi connectivity index (χ1n) is 8.31. The third kappa shape index (κ3) is 2.90. The van der Waals surface area contributed by atoms with Crippen LogP contribution in [0.15, 0.2) is 57.9 Å². The molecular weight excluding hydrogens is 332 g/mol. The molecule has 0 atom stereocenters. The molecule has 0 saturated carbocycles. The lowest BCUT2D eigenvalue weighted by atomic mass is 10.2. The summed E-state index contributed by atoms with van der Waals surface area (Å²) in [6.45, 7) is 2.72. The maximum atomic E-state index is 12.1. The van der Waals surface area contributed by atoms with Crippen LogP contribution in [0.2, 0.25) is 0 Å². The van der Waals surface area contributed by atoms with Gasteiger partial charge in [0.25, 0.3) is 0 Å². The normalized spacial score (nSPS) is 11.2. The highest BCUT2D eigenvalue weighted by molar-refractivity contribution is 5.85. The third-order valence-corrected chi connectivity index (χ3v) is 4.31. The monoisotopic (exact) mass is 350 g/mol. The van der Waals surface area contributed by atoms with Crippen LogP contribution in [0.1, 0.15) is 5.56 Å². The Hall–Kier alpha value is -3.28. The first-order chi connectivity index (χ1) is 12.7. The second-order valence-corrected chi connectivity index (χ2v) is 6.03. The molecule has 2 aromatic heterocycles. The van der Waals surface area contributed by atoms with E-state index in [-0.39, 0.29) is 5.76 Å². The first kappa shape index (κ1) is 16.2. The van der Waals surface area contributed by atoms with Crippen LogP contribution in [0.5, 0.6) is 11.5 Å². The van der Waals surface area contributed by atoms with E-state index in [4.69, 9.17) is 13.9 Å². The van der Waals surface area contributed by atoms with Gasteiger partial charge < -0.3 is 13.9 Å². The molecule has 0 aliphatic carbocycles. The summed E-state index contributed by atoms with van der Waals surface area (Å²) in [5.74, 6) is 1.09. The van der Waals surface area contributed by atoms with E-state index in [2.05, 4.69) is 4.98 Å². The van der Waals surface area contributed by atoms with E-state index >= 15 is 0 Å². The molecule has 0 aliphatic heterocycles. The second-order valence-electron chi connectivity index (χ2n) is 6.03. The van der Waals surface area contributed by atoms with E-state index in [0.717, 1.165) is 33.5 Å². The Morgan fingerprint density at radius 3 is 2.88 bits per heavy atom. The quantitative estimate of drug-likeness (QED) is 0.551. The van der Waals surface area contributed by atoms with Gasteiger partial charge in [-0.25, -0.2) is 4.79 Å². The molecular formula is C20H18N2O4. The summed E-state index contributed by atoms with van der Waals surface area (Å²) in [4.78, 5) is 16.4. The Morgan fingerprint density at radius 1 is 1.15 bits per heavy atom. The molecule has 4 aromatic rings. The molecule has 0 radical (unpaired) electrons. The fourth-order valence-corrected chi connectivity index (χ4v) is 2.99. The van der Waals surface area contributed by atoms with Gasteiger partial charge in [0, 0.05) is 17.6 Å². The van der Waals surface area contributed by atoms with Crippen molar-refractivity contribution in [1.29, 1.82) is 0 Å². The van der Waals surface area contributed by atoms with Gasteiger partial charge in [-0.1, -0.05) is 6.07 Å². The Balaban J connectivity index is 1.57. The minimum Gasteiger partial charge on any atom is -0.497 e. The van der Waals surface area contributed by atoms with Crippen molar-refractivity contribution in [1.82, 2.24) is 9.55 Å². The lowest BCUT2D eigenvalue weighted by Gasteiger charge is -2.10. The summed E-state index contributed by atoms with van der Waals surface area (Å²) in [5.41, 5.74) is 3.23. The predicted molar refractivity (Wildman–Crippen MR) is 99.0 cm³/mol. The van der Waals surface area contributed by atoms with E-state index in [1.165, 1.54) is 0 Å². The third-order valence-electron chi connectivity index (χ3n) is 4.31. The minimum atomic E-state index is -0.376. The van der Waals surface area contributed by atoms with Gasteiger partial charge in [-0.2, -0.15) is 0 Å². The number of fused-ring (bicyclic) bond motifs is 2. The zero-order valence-electron chi connectivity index (χ0n) is 14.6. The number of aryl methyl sites for hydroxylation is 1. The number of hydrogen-bond donors (Lipinski definition) is 0. The highest BCUT2D eigenvalue weighted by Crippen LogP contribution is 2.27. The molecule has 2 heterocycles. The van der Waals surface area contributed by atoms with Crippen molar-refractivity contribution in [3.63, 3.8) is 0 Å². The molecule has 0 aliphatic rings. The van der Waals surface area contributed by atoms with E-state index in [1.807, 2.05) is 49.4 Å². The highest BCUT2D eigenvalue weighted by Gasteiger charge is 2.10. The minimum absolute atomic E-state index is 0.341. The molecule has 4 rings (SSSR count). The summed E-state index contributed by atoms with van der Waals surface area (Å²) >= 11 is 0. The maximum absolute atomic E-state index is 12.1. The van der Waals surface area contributed by atoms with Crippen LogP contribution in [0, 0.1) is 6.92 Å².